The minimum absolute atomic E-state index is 0.0786. The first-order chi connectivity index (χ1) is 12.6. The number of hydrogen-bond acceptors (Lipinski definition) is 4. The lowest BCUT2D eigenvalue weighted by Crippen LogP contribution is -1.97. The number of aliphatic hydroxyl groups excluding tert-OH is 1. The van der Waals surface area contributed by atoms with Gasteiger partial charge >= 0.3 is 0 Å². The molecule has 0 aliphatic heterocycles. The molecular formula is C20H20N4O2. The number of pyridine rings is 1. The summed E-state index contributed by atoms with van der Waals surface area (Å²) >= 11 is 0. The van der Waals surface area contributed by atoms with Gasteiger partial charge in [0.1, 0.15) is 12.5 Å². The van der Waals surface area contributed by atoms with Gasteiger partial charge in [0.05, 0.1) is 22.8 Å². The second-order valence-electron chi connectivity index (χ2n) is 6.35. The van der Waals surface area contributed by atoms with E-state index in [1.165, 1.54) is 0 Å². The molecule has 1 aromatic carbocycles. The zero-order valence-corrected chi connectivity index (χ0v) is 15.0. The lowest BCUT2D eigenvalue weighted by molar-refractivity contribution is 0.215. The van der Waals surface area contributed by atoms with E-state index in [1.54, 1.807) is 10.8 Å². The summed E-state index contributed by atoms with van der Waals surface area (Å²) in [4.78, 5) is 4.35. The lowest BCUT2D eigenvalue weighted by Gasteiger charge is -2.11. The molecule has 3 aromatic heterocycles. The van der Waals surface area contributed by atoms with Crippen LogP contribution in [0.25, 0.3) is 22.2 Å². The van der Waals surface area contributed by atoms with Crippen molar-refractivity contribution in [3.63, 3.8) is 0 Å². The fraction of sp³-hybridized carbons (Fsp3) is 0.200. The third kappa shape index (κ3) is 2.64. The second kappa shape index (κ2) is 6.31. The molecular weight excluding hydrogens is 328 g/mol. The molecule has 26 heavy (non-hydrogen) atoms. The number of rotatable bonds is 4. The first-order valence-corrected chi connectivity index (χ1v) is 8.40. The van der Waals surface area contributed by atoms with Crippen LogP contribution in [0.5, 0.6) is 11.6 Å². The van der Waals surface area contributed by atoms with Gasteiger partial charge in [0, 0.05) is 25.0 Å². The van der Waals surface area contributed by atoms with Crippen LogP contribution in [-0.2, 0) is 13.8 Å². The molecule has 0 saturated heterocycles. The summed E-state index contributed by atoms with van der Waals surface area (Å²) in [5.41, 5.74) is 5.37. The Balaban J connectivity index is 1.70. The lowest BCUT2D eigenvalue weighted by atomic mass is 10.0. The topological polar surface area (TPSA) is 65.1 Å². The fourth-order valence-electron chi connectivity index (χ4n) is 3.31. The summed E-state index contributed by atoms with van der Waals surface area (Å²) in [6.45, 7) is 4.04. The maximum absolute atomic E-state index is 9.40. The van der Waals surface area contributed by atoms with E-state index in [0.717, 1.165) is 39.0 Å². The fourth-order valence-corrected chi connectivity index (χ4v) is 3.31. The number of hydrogen-bond donors (Lipinski definition) is 1. The van der Waals surface area contributed by atoms with Crippen molar-refractivity contribution >= 4 is 10.9 Å². The third-order valence-electron chi connectivity index (χ3n) is 4.60. The van der Waals surface area contributed by atoms with Crippen LogP contribution in [0, 0.1) is 13.8 Å². The van der Waals surface area contributed by atoms with Gasteiger partial charge in [0.15, 0.2) is 0 Å². The average molecular weight is 348 g/mol. The Kier molecular flexibility index (Phi) is 3.97. The van der Waals surface area contributed by atoms with Crippen LogP contribution >= 0.6 is 0 Å². The smallest absolute Gasteiger partial charge is 0.228 e. The standard InChI is InChI=1S/C20H20N4O2/c1-13-10-15(4-5-16(13)19-14(2)11-22-23(19)3)26-20-17-7-9-24(12-25)18(17)6-8-21-20/h4-11,25H,12H2,1-3H3. The molecule has 0 spiro atoms. The quantitative estimate of drug-likeness (QED) is 0.609. The Labute approximate surface area is 151 Å². The minimum atomic E-state index is -0.0786. The van der Waals surface area contributed by atoms with Crippen molar-refractivity contribution in [3.05, 3.63) is 60.0 Å². The van der Waals surface area contributed by atoms with E-state index >= 15 is 0 Å². The molecule has 132 valence electrons. The van der Waals surface area contributed by atoms with E-state index in [2.05, 4.69) is 23.9 Å². The number of aromatic nitrogens is 4. The Morgan fingerprint density at radius 2 is 1.96 bits per heavy atom. The van der Waals surface area contributed by atoms with E-state index in [9.17, 15) is 5.11 Å². The van der Waals surface area contributed by atoms with Crippen molar-refractivity contribution in [2.45, 2.75) is 20.6 Å². The molecule has 0 bridgehead atoms. The molecule has 4 aromatic rings. The van der Waals surface area contributed by atoms with Gasteiger partial charge in [-0.15, -0.1) is 0 Å². The Hall–Kier alpha value is -3.12. The number of aryl methyl sites for hydroxylation is 3. The molecule has 1 N–H and O–H groups in total. The maximum Gasteiger partial charge on any atom is 0.228 e. The van der Waals surface area contributed by atoms with Crippen molar-refractivity contribution in [2.75, 3.05) is 0 Å². The van der Waals surface area contributed by atoms with E-state index in [4.69, 9.17) is 4.74 Å². The second-order valence-corrected chi connectivity index (χ2v) is 6.35. The Bertz CT molecular complexity index is 1080. The van der Waals surface area contributed by atoms with Gasteiger partial charge in [0.2, 0.25) is 5.88 Å². The Morgan fingerprint density at radius 1 is 1.12 bits per heavy atom. The monoisotopic (exact) mass is 348 g/mol. The summed E-state index contributed by atoms with van der Waals surface area (Å²) < 4.78 is 9.66. The van der Waals surface area contributed by atoms with Crippen LogP contribution in [0.4, 0.5) is 0 Å². The molecule has 6 nitrogen and oxygen atoms in total. The van der Waals surface area contributed by atoms with Gasteiger partial charge in [-0.2, -0.15) is 5.10 Å². The van der Waals surface area contributed by atoms with Gasteiger partial charge in [-0.1, -0.05) is 0 Å². The molecule has 0 amide bonds. The first-order valence-electron chi connectivity index (χ1n) is 8.40. The summed E-state index contributed by atoms with van der Waals surface area (Å²) in [6.07, 6.45) is 5.37. The van der Waals surface area contributed by atoms with E-state index < -0.39 is 0 Å². The summed E-state index contributed by atoms with van der Waals surface area (Å²) in [5, 5.41) is 14.6. The summed E-state index contributed by atoms with van der Waals surface area (Å²) in [6, 6.07) is 9.75. The van der Waals surface area contributed by atoms with Crippen LogP contribution in [0.3, 0.4) is 0 Å². The number of ether oxygens (including phenoxy) is 1. The first kappa shape index (κ1) is 16.4. The van der Waals surface area contributed by atoms with E-state index in [1.807, 2.05) is 54.5 Å². The highest BCUT2D eigenvalue weighted by molar-refractivity contribution is 5.85. The van der Waals surface area contributed by atoms with Crippen molar-refractivity contribution in [3.8, 4) is 22.9 Å². The van der Waals surface area contributed by atoms with Crippen LogP contribution in [0.1, 0.15) is 11.1 Å². The molecule has 0 aliphatic rings. The summed E-state index contributed by atoms with van der Waals surface area (Å²) in [7, 11) is 1.95. The Morgan fingerprint density at radius 3 is 2.65 bits per heavy atom. The molecule has 4 rings (SSSR count). The minimum Gasteiger partial charge on any atom is -0.438 e. The zero-order chi connectivity index (χ0) is 18.3. The predicted molar refractivity (Wildman–Crippen MR) is 100 cm³/mol. The van der Waals surface area contributed by atoms with Gasteiger partial charge < -0.3 is 14.4 Å². The van der Waals surface area contributed by atoms with Gasteiger partial charge in [-0.05, 0) is 55.3 Å². The molecule has 0 unspecified atom stereocenters. The van der Waals surface area contributed by atoms with Crippen molar-refractivity contribution in [1.82, 2.24) is 19.3 Å². The van der Waals surface area contributed by atoms with Crippen molar-refractivity contribution in [1.29, 1.82) is 0 Å². The van der Waals surface area contributed by atoms with Crippen LogP contribution in [-0.4, -0.2) is 24.4 Å². The third-order valence-corrected chi connectivity index (χ3v) is 4.60. The van der Waals surface area contributed by atoms with Gasteiger partial charge in [0.25, 0.3) is 0 Å². The number of nitrogens with zero attached hydrogens (tertiary/aromatic N) is 4. The molecule has 0 atom stereocenters. The van der Waals surface area contributed by atoms with E-state index in [0.29, 0.717) is 5.88 Å². The van der Waals surface area contributed by atoms with E-state index in [-0.39, 0.29) is 6.73 Å². The van der Waals surface area contributed by atoms with Gasteiger partial charge in [-0.25, -0.2) is 4.98 Å². The predicted octanol–water partition coefficient (Wildman–Crippen LogP) is 3.80. The highest BCUT2D eigenvalue weighted by atomic mass is 16.5. The normalized spacial score (nSPS) is 11.2. The molecule has 3 heterocycles. The largest absolute Gasteiger partial charge is 0.438 e. The van der Waals surface area contributed by atoms with Crippen LogP contribution in [0.2, 0.25) is 0 Å². The molecule has 0 saturated carbocycles. The zero-order valence-electron chi connectivity index (χ0n) is 15.0. The van der Waals surface area contributed by atoms with Crippen LogP contribution < -0.4 is 4.74 Å². The highest BCUT2D eigenvalue weighted by Crippen LogP contribution is 2.32. The molecule has 6 heteroatoms. The SMILES string of the molecule is Cc1cc(Oc2nccc3c2ccn3CO)ccc1-c1c(C)cnn1C. The number of fused-ring (bicyclic) bond motifs is 1. The van der Waals surface area contributed by atoms with Crippen molar-refractivity contribution < 1.29 is 9.84 Å². The van der Waals surface area contributed by atoms with Crippen molar-refractivity contribution in [2.24, 2.45) is 7.05 Å². The molecule has 0 radical (unpaired) electrons. The summed E-state index contributed by atoms with van der Waals surface area (Å²) in [5.74, 6) is 1.25. The molecule has 0 fully saturated rings. The highest BCUT2D eigenvalue weighted by Gasteiger charge is 2.13. The van der Waals surface area contributed by atoms with Crippen LogP contribution in [0.15, 0.2) is 48.9 Å². The van der Waals surface area contributed by atoms with Gasteiger partial charge in [-0.3, -0.25) is 4.68 Å². The molecule has 0 aliphatic carbocycles. The number of benzene rings is 1. The average Bonchev–Trinajstić information content (AvgIpc) is 3.20. The maximum atomic E-state index is 9.40. The number of aliphatic hydroxyl groups is 1.